The van der Waals surface area contributed by atoms with Gasteiger partial charge in [-0.1, -0.05) is 18.2 Å². The Morgan fingerprint density at radius 2 is 1.95 bits per heavy atom. The van der Waals surface area contributed by atoms with Crippen molar-refractivity contribution in [2.75, 3.05) is 12.8 Å². The molecule has 0 fully saturated rings. The molecule has 0 saturated heterocycles. The van der Waals surface area contributed by atoms with Gasteiger partial charge in [0.15, 0.2) is 0 Å². The molecule has 1 aromatic carbocycles. The summed E-state index contributed by atoms with van der Waals surface area (Å²) in [5, 5.41) is 8.01. The van der Waals surface area contributed by atoms with Crippen molar-refractivity contribution in [1.82, 2.24) is 15.1 Å². The van der Waals surface area contributed by atoms with Crippen molar-refractivity contribution in [1.29, 1.82) is 0 Å². The third kappa shape index (κ3) is 4.39. The highest BCUT2D eigenvalue weighted by Crippen LogP contribution is 2.19. The first-order chi connectivity index (χ1) is 9.69. The van der Waals surface area contributed by atoms with Crippen LogP contribution in [-0.2, 0) is 6.42 Å². The average molecular weight is 289 g/mol. The Kier molecular flexibility index (Phi) is 5.68. The van der Waals surface area contributed by atoms with Crippen LogP contribution in [0, 0.1) is 0 Å². The lowest BCUT2D eigenvalue weighted by Crippen LogP contribution is -2.30. The number of rotatable bonds is 7. The van der Waals surface area contributed by atoms with Crippen LogP contribution in [0.15, 0.2) is 47.5 Å². The molecule has 2 rings (SSSR count). The second-order valence-electron chi connectivity index (χ2n) is 5.19. The van der Waals surface area contributed by atoms with Crippen molar-refractivity contribution in [3.05, 3.63) is 48.3 Å². The maximum Gasteiger partial charge on any atom is 0.0640 e. The van der Waals surface area contributed by atoms with E-state index in [2.05, 4.69) is 66.9 Å². The minimum absolute atomic E-state index is 0.426. The summed E-state index contributed by atoms with van der Waals surface area (Å²) >= 11 is 1.89. The number of hydrogen-bond acceptors (Lipinski definition) is 3. The smallest absolute Gasteiger partial charge is 0.0640 e. The topological polar surface area (TPSA) is 29.9 Å². The molecule has 1 aromatic heterocycles. The molecular formula is C16H23N3S. The van der Waals surface area contributed by atoms with Gasteiger partial charge < -0.3 is 5.32 Å². The quantitative estimate of drug-likeness (QED) is 0.792. The zero-order valence-corrected chi connectivity index (χ0v) is 13.2. The molecule has 108 valence electrons. The normalized spacial score (nSPS) is 12.8. The van der Waals surface area contributed by atoms with Crippen molar-refractivity contribution in [2.24, 2.45) is 0 Å². The Balaban J connectivity index is 1.88. The average Bonchev–Trinajstić information content (AvgIpc) is 2.93. The fraction of sp³-hybridized carbons (Fsp3) is 0.438. The fourth-order valence-electron chi connectivity index (χ4n) is 1.98. The first kappa shape index (κ1) is 15.1. The molecule has 0 aliphatic carbocycles. The van der Waals surface area contributed by atoms with Gasteiger partial charge in [-0.3, -0.25) is 4.68 Å². The number of benzene rings is 1. The predicted octanol–water partition coefficient (Wildman–Crippen LogP) is 3.39. The van der Waals surface area contributed by atoms with E-state index in [9.17, 15) is 0 Å². The van der Waals surface area contributed by atoms with Gasteiger partial charge >= 0.3 is 0 Å². The Hall–Kier alpha value is -1.26. The monoisotopic (exact) mass is 289 g/mol. The summed E-state index contributed by atoms with van der Waals surface area (Å²) < 4.78 is 2.02. The Labute approximate surface area is 125 Å². The number of hydrogen-bond donors (Lipinski definition) is 1. The second kappa shape index (κ2) is 7.50. The number of nitrogens with zero attached hydrogens (tertiary/aromatic N) is 2. The maximum absolute atomic E-state index is 4.62. The van der Waals surface area contributed by atoms with Gasteiger partial charge in [-0.2, -0.15) is 5.10 Å². The van der Waals surface area contributed by atoms with Crippen molar-refractivity contribution in [3.8, 4) is 0 Å². The minimum atomic E-state index is 0.426. The molecule has 20 heavy (non-hydrogen) atoms. The van der Waals surface area contributed by atoms with Crippen LogP contribution in [0.4, 0.5) is 0 Å². The van der Waals surface area contributed by atoms with Crippen molar-refractivity contribution in [3.63, 3.8) is 0 Å². The van der Waals surface area contributed by atoms with Gasteiger partial charge in [0.2, 0.25) is 0 Å². The summed E-state index contributed by atoms with van der Waals surface area (Å²) in [7, 11) is 2.02. The van der Waals surface area contributed by atoms with E-state index in [1.54, 1.807) is 0 Å². The minimum Gasteiger partial charge on any atom is -0.316 e. The van der Waals surface area contributed by atoms with E-state index >= 15 is 0 Å². The van der Waals surface area contributed by atoms with Crippen molar-refractivity contribution < 1.29 is 0 Å². The molecule has 1 atom stereocenters. The lowest BCUT2D eigenvalue weighted by molar-refractivity contribution is 0.518. The Morgan fingerprint density at radius 1 is 1.20 bits per heavy atom. The van der Waals surface area contributed by atoms with Gasteiger partial charge in [-0.15, -0.1) is 11.8 Å². The van der Waals surface area contributed by atoms with Gasteiger partial charge in [-0.05, 0) is 39.1 Å². The molecule has 1 N–H and O–H groups in total. The van der Waals surface area contributed by atoms with Crippen LogP contribution in [-0.4, -0.2) is 28.6 Å². The number of thioether (sulfide) groups is 1. The first-order valence-corrected chi connectivity index (χ1v) is 8.06. The summed E-state index contributed by atoms with van der Waals surface area (Å²) in [6.45, 7) is 4.30. The Bertz CT molecular complexity index is 507. The van der Waals surface area contributed by atoms with Crippen LogP contribution in [0.25, 0.3) is 0 Å². The van der Waals surface area contributed by atoms with E-state index < -0.39 is 0 Å². The molecule has 4 heteroatoms. The van der Waals surface area contributed by atoms with Crippen molar-refractivity contribution in [2.45, 2.75) is 37.2 Å². The van der Waals surface area contributed by atoms with Crippen LogP contribution in [0.3, 0.4) is 0 Å². The zero-order valence-electron chi connectivity index (χ0n) is 12.4. The van der Waals surface area contributed by atoms with Gasteiger partial charge in [-0.25, -0.2) is 0 Å². The highest BCUT2D eigenvalue weighted by molar-refractivity contribution is 7.99. The summed E-state index contributed by atoms with van der Waals surface area (Å²) in [5.74, 6) is 1.05. The highest BCUT2D eigenvalue weighted by atomic mass is 32.2. The molecule has 0 amide bonds. The molecule has 2 aromatic rings. The van der Waals surface area contributed by atoms with Gasteiger partial charge in [0, 0.05) is 35.3 Å². The van der Waals surface area contributed by atoms with Crippen LogP contribution >= 0.6 is 11.8 Å². The summed E-state index contributed by atoms with van der Waals surface area (Å²) in [4.78, 5) is 1.32. The molecule has 1 unspecified atom stereocenters. The van der Waals surface area contributed by atoms with E-state index in [4.69, 9.17) is 0 Å². The molecule has 0 aliphatic heterocycles. The molecule has 0 spiro atoms. The van der Waals surface area contributed by atoms with Crippen LogP contribution < -0.4 is 5.32 Å². The maximum atomic E-state index is 4.62. The van der Waals surface area contributed by atoms with Crippen molar-refractivity contribution >= 4 is 11.8 Å². The number of aromatic nitrogens is 2. The first-order valence-electron chi connectivity index (χ1n) is 7.08. The SMILES string of the molecule is CNC(CSc1ccccc1)Cc1ccn(C(C)C)n1. The lowest BCUT2D eigenvalue weighted by Gasteiger charge is -2.14. The fourth-order valence-corrected chi connectivity index (χ4v) is 3.01. The predicted molar refractivity (Wildman–Crippen MR) is 86.3 cm³/mol. The standard InChI is InChI=1S/C16H23N3S/c1-13(2)19-10-9-14(18-19)11-15(17-3)12-20-16-7-5-4-6-8-16/h4-10,13,15,17H,11-12H2,1-3H3. The van der Waals surface area contributed by atoms with Gasteiger partial charge in [0.25, 0.3) is 0 Å². The third-order valence-corrected chi connectivity index (χ3v) is 4.43. The molecule has 0 saturated carbocycles. The highest BCUT2D eigenvalue weighted by Gasteiger charge is 2.11. The van der Waals surface area contributed by atoms with Gasteiger partial charge in [0.05, 0.1) is 5.69 Å². The van der Waals surface area contributed by atoms with Crippen LogP contribution in [0.1, 0.15) is 25.6 Å². The second-order valence-corrected chi connectivity index (χ2v) is 6.29. The largest absolute Gasteiger partial charge is 0.316 e. The van der Waals surface area contributed by atoms with Gasteiger partial charge in [0.1, 0.15) is 0 Å². The molecule has 0 radical (unpaired) electrons. The molecule has 0 bridgehead atoms. The summed E-state index contributed by atoms with van der Waals surface area (Å²) in [6, 6.07) is 13.5. The molecule has 0 aliphatic rings. The number of nitrogens with one attached hydrogen (secondary N) is 1. The summed E-state index contributed by atoms with van der Waals surface area (Å²) in [6.07, 6.45) is 3.03. The third-order valence-electron chi connectivity index (χ3n) is 3.25. The van der Waals surface area contributed by atoms with Crippen LogP contribution in [0.2, 0.25) is 0 Å². The lowest BCUT2D eigenvalue weighted by atomic mass is 10.2. The van der Waals surface area contributed by atoms with E-state index in [1.165, 1.54) is 4.90 Å². The zero-order chi connectivity index (χ0) is 14.4. The number of likely N-dealkylation sites (N-methyl/N-ethyl adjacent to an activating group) is 1. The molecule has 1 heterocycles. The Morgan fingerprint density at radius 3 is 2.55 bits per heavy atom. The van der Waals surface area contributed by atoms with E-state index in [0.29, 0.717) is 12.1 Å². The van der Waals surface area contributed by atoms with Crippen LogP contribution in [0.5, 0.6) is 0 Å². The van der Waals surface area contributed by atoms with E-state index in [-0.39, 0.29) is 0 Å². The molecule has 3 nitrogen and oxygen atoms in total. The summed E-state index contributed by atoms with van der Waals surface area (Å²) in [5.41, 5.74) is 1.16. The molecular weight excluding hydrogens is 266 g/mol. The van der Waals surface area contributed by atoms with E-state index in [0.717, 1.165) is 17.9 Å². The van der Waals surface area contributed by atoms with E-state index in [1.807, 2.05) is 23.5 Å².